The summed E-state index contributed by atoms with van der Waals surface area (Å²) in [5.74, 6) is 1.23. The first kappa shape index (κ1) is 19.5. The van der Waals surface area contributed by atoms with Crippen LogP contribution in [0.3, 0.4) is 0 Å². The summed E-state index contributed by atoms with van der Waals surface area (Å²) in [7, 11) is 0. The van der Waals surface area contributed by atoms with Gasteiger partial charge in [0.25, 0.3) is 5.91 Å². The maximum Gasteiger partial charge on any atom is 0.265 e. The van der Waals surface area contributed by atoms with Crippen LogP contribution in [0.25, 0.3) is 11.1 Å². The third-order valence-corrected chi connectivity index (χ3v) is 4.14. The molecule has 0 saturated carbocycles. The highest BCUT2D eigenvalue weighted by molar-refractivity contribution is 5.94. The zero-order chi connectivity index (χ0) is 19.9. The van der Waals surface area contributed by atoms with Gasteiger partial charge >= 0.3 is 0 Å². The second-order valence-corrected chi connectivity index (χ2v) is 6.83. The number of rotatable bonds is 7. The lowest BCUT2D eigenvalue weighted by atomic mass is 10.1. The van der Waals surface area contributed by atoms with Crippen molar-refractivity contribution in [3.05, 3.63) is 78.9 Å². The Morgan fingerprint density at radius 3 is 1.86 bits per heavy atom. The van der Waals surface area contributed by atoms with Gasteiger partial charge in [0, 0.05) is 5.69 Å². The number of ether oxygens (including phenoxy) is 2. The highest BCUT2D eigenvalue weighted by Crippen LogP contribution is 2.23. The maximum atomic E-state index is 12.4. The molecular formula is C24H25NO3. The van der Waals surface area contributed by atoms with E-state index in [2.05, 4.69) is 17.4 Å². The van der Waals surface area contributed by atoms with Gasteiger partial charge in [-0.1, -0.05) is 42.5 Å². The van der Waals surface area contributed by atoms with E-state index >= 15 is 0 Å². The van der Waals surface area contributed by atoms with Crippen molar-refractivity contribution in [2.24, 2.45) is 0 Å². The number of hydrogen-bond acceptors (Lipinski definition) is 3. The summed E-state index contributed by atoms with van der Waals surface area (Å²) in [6.45, 7) is 5.68. The van der Waals surface area contributed by atoms with Crippen LogP contribution in [0.5, 0.6) is 11.5 Å². The van der Waals surface area contributed by atoms with Gasteiger partial charge < -0.3 is 14.8 Å². The van der Waals surface area contributed by atoms with Crippen molar-refractivity contribution in [1.82, 2.24) is 0 Å². The minimum absolute atomic E-state index is 0.113. The van der Waals surface area contributed by atoms with Gasteiger partial charge in [0.15, 0.2) is 6.10 Å². The van der Waals surface area contributed by atoms with Crippen molar-refractivity contribution in [3.8, 4) is 22.6 Å². The Hall–Kier alpha value is -3.27. The average molecular weight is 375 g/mol. The van der Waals surface area contributed by atoms with E-state index in [1.165, 1.54) is 0 Å². The predicted octanol–water partition coefficient (Wildman–Crippen LogP) is 5.55. The van der Waals surface area contributed by atoms with Crippen LogP contribution in [0.2, 0.25) is 0 Å². The van der Waals surface area contributed by atoms with Gasteiger partial charge in [-0.15, -0.1) is 0 Å². The lowest BCUT2D eigenvalue weighted by molar-refractivity contribution is -0.122. The van der Waals surface area contributed by atoms with Crippen molar-refractivity contribution in [3.63, 3.8) is 0 Å². The predicted molar refractivity (Wildman–Crippen MR) is 113 cm³/mol. The van der Waals surface area contributed by atoms with Crippen molar-refractivity contribution >= 4 is 11.6 Å². The second kappa shape index (κ2) is 9.09. The van der Waals surface area contributed by atoms with E-state index in [0.717, 1.165) is 16.9 Å². The summed E-state index contributed by atoms with van der Waals surface area (Å²) < 4.78 is 11.4. The summed E-state index contributed by atoms with van der Waals surface area (Å²) in [5, 5.41) is 2.86. The molecular weight excluding hydrogens is 350 g/mol. The van der Waals surface area contributed by atoms with Gasteiger partial charge in [-0.25, -0.2) is 0 Å². The monoisotopic (exact) mass is 375 g/mol. The summed E-state index contributed by atoms with van der Waals surface area (Å²) in [6, 6.07) is 25.2. The van der Waals surface area contributed by atoms with Crippen LogP contribution >= 0.6 is 0 Å². The Morgan fingerprint density at radius 1 is 0.714 bits per heavy atom. The maximum absolute atomic E-state index is 12.4. The molecule has 0 aliphatic rings. The van der Waals surface area contributed by atoms with E-state index in [-0.39, 0.29) is 12.0 Å². The van der Waals surface area contributed by atoms with Gasteiger partial charge in [0.05, 0.1) is 6.10 Å². The van der Waals surface area contributed by atoms with E-state index in [1.54, 1.807) is 6.92 Å². The lowest BCUT2D eigenvalue weighted by Crippen LogP contribution is -2.30. The minimum Gasteiger partial charge on any atom is -0.491 e. The molecule has 1 unspecified atom stereocenters. The number of hydrogen-bond donors (Lipinski definition) is 1. The Morgan fingerprint density at radius 2 is 1.25 bits per heavy atom. The van der Waals surface area contributed by atoms with Crippen LogP contribution in [-0.4, -0.2) is 18.1 Å². The fourth-order valence-corrected chi connectivity index (χ4v) is 2.75. The SMILES string of the molecule is CC(C)Oc1ccc(NC(=O)C(C)Oc2ccc(-c3ccccc3)cc2)cc1. The summed E-state index contributed by atoms with van der Waals surface area (Å²) in [6.07, 6.45) is -0.503. The van der Waals surface area contributed by atoms with Crippen LogP contribution in [0.4, 0.5) is 5.69 Å². The zero-order valence-corrected chi connectivity index (χ0v) is 16.4. The third-order valence-electron chi connectivity index (χ3n) is 4.14. The first-order valence-electron chi connectivity index (χ1n) is 9.41. The summed E-state index contributed by atoms with van der Waals surface area (Å²) in [5.41, 5.74) is 2.95. The molecule has 0 radical (unpaired) electrons. The largest absolute Gasteiger partial charge is 0.491 e. The Bertz CT molecular complexity index is 887. The lowest BCUT2D eigenvalue weighted by Gasteiger charge is -2.15. The van der Waals surface area contributed by atoms with Crippen molar-refractivity contribution < 1.29 is 14.3 Å². The molecule has 1 atom stereocenters. The van der Waals surface area contributed by atoms with Crippen LogP contribution in [0, 0.1) is 0 Å². The molecule has 0 bridgehead atoms. The topological polar surface area (TPSA) is 47.6 Å². The van der Waals surface area contributed by atoms with E-state index in [9.17, 15) is 4.79 Å². The van der Waals surface area contributed by atoms with E-state index < -0.39 is 6.10 Å². The molecule has 0 aliphatic heterocycles. The van der Waals surface area contributed by atoms with Crippen LogP contribution in [0.15, 0.2) is 78.9 Å². The van der Waals surface area contributed by atoms with Crippen LogP contribution in [0.1, 0.15) is 20.8 Å². The molecule has 0 aliphatic carbocycles. The molecule has 3 aromatic rings. The molecule has 0 heterocycles. The highest BCUT2D eigenvalue weighted by atomic mass is 16.5. The van der Waals surface area contributed by atoms with Gasteiger partial charge in [-0.05, 0) is 68.3 Å². The molecule has 144 valence electrons. The average Bonchev–Trinajstić information content (AvgIpc) is 2.70. The highest BCUT2D eigenvalue weighted by Gasteiger charge is 2.15. The molecule has 28 heavy (non-hydrogen) atoms. The molecule has 4 nitrogen and oxygen atoms in total. The number of carbonyl (C=O) groups excluding carboxylic acids is 1. The van der Waals surface area contributed by atoms with Gasteiger partial charge in [-0.3, -0.25) is 4.79 Å². The van der Waals surface area contributed by atoms with E-state index in [4.69, 9.17) is 9.47 Å². The Balaban J connectivity index is 1.56. The number of nitrogens with one attached hydrogen (secondary N) is 1. The Labute approximate surface area is 166 Å². The molecule has 0 spiro atoms. The number of carbonyl (C=O) groups is 1. The molecule has 1 amide bonds. The first-order chi connectivity index (χ1) is 13.5. The molecule has 0 saturated heterocycles. The standard InChI is InChI=1S/C24H25NO3/c1-17(2)27-22-15-11-21(12-16-22)25-24(26)18(3)28-23-13-9-20(10-14-23)19-7-5-4-6-8-19/h4-18H,1-3H3,(H,25,26). The molecule has 1 N–H and O–H groups in total. The van der Waals surface area contributed by atoms with Gasteiger partial charge in [0.2, 0.25) is 0 Å². The molecule has 3 aromatic carbocycles. The van der Waals surface area contributed by atoms with Crippen molar-refractivity contribution in [2.45, 2.75) is 33.0 Å². The minimum atomic E-state index is -0.617. The molecule has 0 fully saturated rings. The second-order valence-electron chi connectivity index (χ2n) is 6.83. The molecule has 0 aromatic heterocycles. The number of benzene rings is 3. The summed E-state index contributed by atoms with van der Waals surface area (Å²) in [4.78, 5) is 12.4. The normalized spacial score (nSPS) is 11.7. The fraction of sp³-hybridized carbons (Fsp3) is 0.208. The third kappa shape index (κ3) is 5.36. The van der Waals surface area contributed by atoms with E-state index in [1.807, 2.05) is 80.6 Å². The fourth-order valence-electron chi connectivity index (χ4n) is 2.75. The molecule has 4 heteroatoms. The van der Waals surface area contributed by atoms with Gasteiger partial charge in [0.1, 0.15) is 11.5 Å². The smallest absolute Gasteiger partial charge is 0.265 e. The first-order valence-corrected chi connectivity index (χ1v) is 9.41. The van der Waals surface area contributed by atoms with Crippen molar-refractivity contribution in [2.75, 3.05) is 5.32 Å². The number of amides is 1. The van der Waals surface area contributed by atoms with Crippen LogP contribution in [-0.2, 0) is 4.79 Å². The Kier molecular flexibility index (Phi) is 6.33. The summed E-state index contributed by atoms with van der Waals surface area (Å²) >= 11 is 0. The molecule has 3 rings (SSSR count). The zero-order valence-electron chi connectivity index (χ0n) is 16.4. The van der Waals surface area contributed by atoms with Crippen molar-refractivity contribution in [1.29, 1.82) is 0 Å². The van der Waals surface area contributed by atoms with E-state index in [0.29, 0.717) is 11.4 Å². The quantitative estimate of drug-likeness (QED) is 0.589. The number of anilines is 1. The van der Waals surface area contributed by atoms with Gasteiger partial charge in [-0.2, -0.15) is 0 Å². The van der Waals surface area contributed by atoms with Crippen LogP contribution < -0.4 is 14.8 Å².